The molecule has 2 N–H and O–H groups in total. The molecule has 0 aromatic heterocycles. The predicted molar refractivity (Wildman–Crippen MR) is 90.4 cm³/mol. The fourth-order valence-corrected chi connectivity index (χ4v) is 2.85. The molecule has 0 saturated carbocycles. The van der Waals surface area contributed by atoms with E-state index in [0.717, 1.165) is 24.1 Å². The quantitative estimate of drug-likeness (QED) is 0.912. The van der Waals surface area contributed by atoms with Crippen LogP contribution >= 0.6 is 0 Å². The minimum Gasteiger partial charge on any atom is -0.352 e. The number of anilines is 1. The van der Waals surface area contributed by atoms with Crippen molar-refractivity contribution in [2.45, 2.75) is 32.7 Å². The van der Waals surface area contributed by atoms with Crippen LogP contribution in [-0.2, 0) is 24.2 Å². The lowest BCUT2D eigenvalue weighted by Crippen LogP contribution is -2.19. The van der Waals surface area contributed by atoms with Gasteiger partial charge in [-0.15, -0.1) is 0 Å². The van der Waals surface area contributed by atoms with E-state index in [1.54, 1.807) is 12.1 Å². The molecular formula is C19H20N2O2. The molecule has 0 spiro atoms. The van der Waals surface area contributed by atoms with Gasteiger partial charge < -0.3 is 10.6 Å². The van der Waals surface area contributed by atoms with Gasteiger partial charge in [-0.05, 0) is 60.2 Å². The molecule has 0 bridgehead atoms. The van der Waals surface area contributed by atoms with Gasteiger partial charge in [0, 0.05) is 24.7 Å². The van der Waals surface area contributed by atoms with Gasteiger partial charge in [0.25, 0.3) is 5.91 Å². The van der Waals surface area contributed by atoms with E-state index in [9.17, 15) is 9.59 Å². The van der Waals surface area contributed by atoms with Crippen LogP contribution in [0.3, 0.4) is 0 Å². The van der Waals surface area contributed by atoms with Crippen molar-refractivity contribution in [1.82, 2.24) is 5.32 Å². The number of aryl methyl sites for hydroxylation is 2. The van der Waals surface area contributed by atoms with Crippen LogP contribution in [0.5, 0.6) is 0 Å². The van der Waals surface area contributed by atoms with E-state index < -0.39 is 0 Å². The fourth-order valence-electron chi connectivity index (χ4n) is 2.85. The lowest BCUT2D eigenvalue weighted by molar-refractivity contribution is -0.119. The largest absolute Gasteiger partial charge is 0.352 e. The molecule has 3 rings (SSSR count). The Kier molecular flexibility index (Phi) is 4.42. The number of benzene rings is 2. The maximum absolute atomic E-state index is 12.3. The summed E-state index contributed by atoms with van der Waals surface area (Å²) in [7, 11) is 0. The first-order valence-electron chi connectivity index (χ1n) is 7.88. The molecule has 1 aliphatic rings. The zero-order chi connectivity index (χ0) is 16.2. The molecule has 2 aromatic carbocycles. The first-order valence-corrected chi connectivity index (χ1v) is 7.88. The average molecular weight is 308 g/mol. The van der Waals surface area contributed by atoms with E-state index in [-0.39, 0.29) is 11.8 Å². The number of carbonyl (C=O) groups is 2. The summed E-state index contributed by atoms with van der Waals surface area (Å²) in [6.45, 7) is 1.96. The summed E-state index contributed by atoms with van der Waals surface area (Å²) in [6.07, 6.45) is 3.43. The van der Waals surface area contributed by atoms with Gasteiger partial charge in [-0.25, -0.2) is 0 Å². The molecule has 2 aromatic rings. The van der Waals surface area contributed by atoms with Crippen molar-refractivity contribution in [2.24, 2.45) is 0 Å². The van der Waals surface area contributed by atoms with E-state index in [2.05, 4.69) is 22.8 Å². The standard InChI is InChI=1S/C19H20N2O2/c1-13(22)20-12-14-5-7-16(8-6-14)19(23)21-18-10-9-15-3-2-4-17(15)11-18/h5-11H,2-4,12H2,1H3,(H,20,22)(H,21,23). The number of nitrogens with one attached hydrogen (secondary N) is 2. The molecule has 0 unspecified atom stereocenters. The molecule has 2 amide bonds. The van der Waals surface area contributed by atoms with Crippen molar-refractivity contribution in [3.8, 4) is 0 Å². The Bertz CT molecular complexity index is 736. The third kappa shape index (κ3) is 3.77. The molecule has 0 saturated heterocycles. The van der Waals surface area contributed by atoms with Gasteiger partial charge in [0.1, 0.15) is 0 Å². The Balaban J connectivity index is 1.65. The highest BCUT2D eigenvalue weighted by Crippen LogP contribution is 2.25. The average Bonchev–Trinajstić information content (AvgIpc) is 3.01. The maximum Gasteiger partial charge on any atom is 0.255 e. The lowest BCUT2D eigenvalue weighted by Gasteiger charge is -2.08. The van der Waals surface area contributed by atoms with Crippen molar-refractivity contribution >= 4 is 17.5 Å². The number of hydrogen-bond donors (Lipinski definition) is 2. The van der Waals surface area contributed by atoms with Gasteiger partial charge >= 0.3 is 0 Å². The molecular weight excluding hydrogens is 288 g/mol. The summed E-state index contributed by atoms with van der Waals surface area (Å²) in [5.41, 5.74) is 5.16. The molecule has 4 nitrogen and oxygen atoms in total. The second-order valence-corrected chi connectivity index (χ2v) is 5.90. The SMILES string of the molecule is CC(=O)NCc1ccc(C(=O)Nc2ccc3c(c2)CCC3)cc1. The van der Waals surface area contributed by atoms with Gasteiger partial charge in [-0.3, -0.25) is 9.59 Å². The minimum absolute atomic E-state index is 0.0663. The van der Waals surface area contributed by atoms with Crippen molar-refractivity contribution in [1.29, 1.82) is 0 Å². The predicted octanol–water partition coefficient (Wildman–Crippen LogP) is 3.06. The first kappa shape index (κ1) is 15.3. The molecule has 0 radical (unpaired) electrons. The van der Waals surface area contributed by atoms with Gasteiger partial charge in [0.15, 0.2) is 0 Å². The first-order chi connectivity index (χ1) is 11.1. The molecule has 0 fully saturated rings. The smallest absolute Gasteiger partial charge is 0.255 e. The summed E-state index contributed by atoms with van der Waals surface area (Å²) in [6, 6.07) is 13.4. The monoisotopic (exact) mass is 308 g/mol. The number of hydrogen-bond acceptors (Lipinski definition) is 2. The second kappa shape index (κ2) is 6.65. The van der Waals surface area contributed by atoms with E-state index in [1.165, 1.54) is 24.5 Å². The van der Waals surface area contributed by atoms with Gasteiger partial charge in [0.2, 0.25) is 5.91 Å². The highest BCUT2D eigenvalue weighted by Gasteiger charge is 2.12. The van der Waals surface area contributed by atoms with Gasteiger partial charge in [-0.2, -0.15) is 0 Å². The van der Waals surface area contributed by atoms with Crippen molar-refractivity contribution in [3.05, 3.63) is 64.7 Å². The van der Waals surface area contributed by atoms with Crippen LogP contribution in [0.2, 0.25) is 0 Å². The zero-order valence-electron chi connectivity index (χ0n) is 13.2. The molecule has 1 aliphatic carbocycles. The second-order valence-electron chi connectivity index (χ2n) is 5.90. The third-order valence-electron chi connectivity index (χ3n) is 4.11. The molecule has 0 heterocycles. The molecule has 23 heavy (non-hydrogen) atoms. The number of fused-ring (bicyclic) bond motifs is 1. The highest BCUT2D eigenvalue weighted by atomic mass is 16.2. The summed E-state index contributed by atoms with van der Waals surface area (Å²) in [4.78, 5) is 23.2. The summed E-state index contributed by atoms with van der Waals surface area (Å²) >= 11 is 0. The van der Waals surface area contributed by atoms with Crippen LogP contribution in [0.4, 0.5) is 5.69 Å². The van der Waals surface area contributed by atoms with Crippen LogP contribution < -0.4 is 10.6 Å². The number of amides is 2. The topological polar surface area (TPSA) is 58.2 Å². The van der Waals surface area contributed by atoms with Gasteiger partial charge in [-0.1, -0.05) is 18.2 Å². The van der Waals surface area contributed by atoms with E-state index in [0.29, 0.717) is 12.1 Å². The molecule has 4 heteroatoms. The number of carbonyl (C=O) groups excluding carboxylic acids is 2. The summed E-state index contributed by atoms with van der Waals surface area (Å²) < 4.78 is 0. The molecule has 118 valence electrons. The van der Waals surface area contributed by atoms with Gasteiger partial charge in [0.05, 0.1) is 0 Å². The van der Waals surface area contributed by atoms with E-state index >= 15 is 0 Å². The Morgan fingerprint density at radius 3 is 2.48 bits per heavy atom. The number of rotatable bonds is 4. The zero-order valence-corrected chi connectivity index (χ0v) is 13.2. The van der Waals surface area contributed by atoms with Crippen molar-refractivity contribution in [3.63, 3.8) is 0 Å². The van der Waals surface area contributed by atoms with Crippen molar-refractivity contribution < 1.29 is 9.59 Å². The molecule has 0 atom stereocenters. The Hall–Kier alpha value is -2.62. The fraction of sp³-hybridized carbons (Fsp3) is 0.263. The van der Waals surface area contributed by atoms with Crippen LogP contribution in [0.25, 0.3) is 0 Å². The van der Waals surface area contributed by atoms with Crippen molar-refractivity contribution in [2.75, 3.05) is 5.32 Å². The Labute approximate surface area is 135 Å². The normalized spacial score (nSPS) is 12.6. The Morgan fingerprint density at radius 2 is 1.74 bits per heavy atom. The highest BCUT2D eigenvalue weighted by molar-refractivity contribution is 6.04. The lowest BCUT2D eigenvalue weighted by atomic mass is 10.1. The third-order valence-corrected chi connectivity index (χ3v) is 4.11. The summed E-state index contributed by atoms with van der Waals surface area (Å²) in [5.74, 6) is -0.183. The maximum atomic E-state index is 12.3. The van der Waals surface area contributed by atoms with E-state index in [4.69, 9.17) is 0 Å². The van der Waals surface area contributed by atoms with Crippen LogP contribution in [0, 0.1) is 0 Å². The van der Waals surface area contributed by atoms with Crippen LogP contribution in [-0.4, -0.2) is 11.8 Å². The Morgan fingerprint density at radius 1 is 1.00 bits per heavy atom. The summed E-state index contributed by atoms with van der Waals surface area (Å²) in [5, 5.41) is 5.68. The van der Waals surface area contributed by atoms with Crippen LogP contribution in [0.15, 0.2) is 42.5 Å². The minimum atomic E-state index is -0.117. The van der Waals surface area contributed by atoms with Crippen LogP contribution in [0.1, 0.15) is 40.4 Å². The van der Waals surface area contributed by atoms with E-state index in [1.807, 2.05) is 18.2 Å². The molecule has 0 aliphatic heterocycles.